The zero-order valence-electron chi connectivity index (χ0n) is 9.36. The summed E-state index contributed by atoms with van der Waals surface area (Å²) in [6.45, 7) is 3.91. The molecule has 2 rings (SSSR count). The third kappa shape index (κ3) is 2.58. The summed E-state index contributed by atoms with van der Waals surface area (Å²) in [5, 5.41) is 3.95. The zero-order valence-corrected chi connectivity index (χ0v) is 10.2. The van der Waals surface area contributed by atoms with Crippen LogP contribution in [-0.4, -0.2) is 5.16 Å². The van der Waals surface area contributed by atoms with Crippen molar-refractivity contribution in [2.24, 2.45) is 0 Å². The summed E-state index contributed by atoms with van der Waals surface area (Å²) in [6, 6.07) is 8.01. The third-order valence-electron chi connectivity index (χ3n) is 2.30. The second-order valence-electron chi connectivity index (χ2n) is 3.74. The van der Waals surface area contributed by atoms with Crippen LogP contribution in [0.5, 0.6) is 0 Å². The van der Waals surface area contributed by atoms with Crippen LogP contribution in [0.15, 0.2) is 33.7 Å². The summed E-state index contributed by atoms with van der Waals surface area (Å²) >= 11 is 1.73. The summed E-state index contributed by atoms with van der Waals surface area (Å²) in [7, 11) is 0. The summed E-state index contributed by atoms with van der Waals surface area (Å²) in [5.41, 5.74) is 8.68. The van der Waals surface area contributed by atoms with Crippen molar-refractivity contribution >= 4 is 17.4 Å². The van der Waals surface area contributed by atoms with E-state index in [0.29, 0.717) is 0 Å². The topological polar surface area (TPSA) is 52.0 Å². The average Bonchev–Trinajstić information content (AvgIpc) is 2.66. The van der Waals surface area contributed by atoms with Gasteiger partial charge < -0.3 is 10.3 Å². The van der Waals surface area contributed by atoms with E-state index in [1.807, 2.05) is 32.0 Å². The normalized spacial score (nSPS) is 10.6. The number of hydrogen-bond acceptors (Lipinski definition) is 4. The van der Waals surface area contributed by atoms with Gasteiger partial charge in [-0.25, -0.2) is 0 Å². The Morgan fingerprint density at radius 3 is 2.75 bits per heavy atom. The van der Waals surface area contributed by atoms with Gasteiger partial charge in [0.05, 0.1) is 5.69 Å². The molecule has 84 valence electrons. The standard InChI is InChI=1S/C12H14N2OS/c1-8-5-11(3-4-12(8)13)16-7-10-6-9(2)15-14-10/h3-6H,7,13H2,1-2H3. The maximum absolute atomic E-state index is 5.76. The van der Waals surface area contributed by atoms with Gasteiger partial charge >= 0.3 is 0 Å². The van der Waals surface area contributed by atoms with Crippen molar-refractivity contribution in [2.75, 3.05) is 5.73 Å². The number of aryl methyl sites for hydroxylation is 2. The largest absolute Gasteiger partial charge is 0.399 e. The molecule has 0 aliphatic heterocycles. The first-order valence-corrected chi connectivity index (χ1v) is 6.05. The van der Waals surface area contributed by atoms with E-state index < -0.39 is 0 Å². The quantitative estimate of drug-likeness (QED) is 0.654. The summed E-state index contributed by atoms with van der Waals surface area (Å²) < 4.78 is 5.01. The Hall–Kier alpha value is -1.42. The fourth-order valence-electron chi connectivity index (χ4n) is 1.38. The van der Waals surface area contributed by atoms with Crippen molar-refractivity contribution in [1.82, 2.24) is 5.16 Å². The number of hydrogen-bond donors (Lipinski definition) is 1. The van der Waals surface area contributed by atoms with Gasteiger partial charge in [-0.2, -0.15) is 0 Å². The predicted molar refractivity (Wildman–Crippen MR) is 66.4 cm³/mol. The lowest BCUT2D eigenvalue weighted by molar-refractivity contribution is 0.393. The lowest BCUT2D eigenvalue weighted by Gasteiger charge is -2.03. The van der Waals surface area contributed by atoms with E-state index in [1.165, 1.54) is 4.90 Å². The molecule has 0 saturated heterocycles. The van der Waals surface area contributed by atoms with Gasteiger partial charge in [-0.3, -0.25) is 0 Å². The highest BCUT2D eigenvalue weighted by molar-refractivity contribution is 7.98. The molecule has 0 amide bonds. The van der Waals surface area contributed by atoms with Crippen LogP contribution in [0.2, 0.25) is 0 Å². The zero-order chi connectivity index (χ0) is 11.5. The number of aromatic nitrogens is 1. The van der Waals surface area contributed by atoms with E-state index in [0.717, 1.165) is 28.5 Å². The molecule has 0 radical (unpaired) electrons. The number of nitrogens with two attached hydrogens (primary N) is 1. The van der Waals surface area contributed by atoms with Crippen LogP contribution >= 0.6 is 11.8 Å². The molecule has 0 fully saturated rings. The lowest BCUT2D eigenvalue weighted by Crippen LogP contribution is -1.89. The van der Waals surface area contributed by atoms with Crippen LogP contribution in [0, 0.1) is 13.8 Å². The Kier molecular flexibility index (Phi) is 3.19. The minimum Gasteiger partial charge on any atom is -0.399 e. The number of thioether (sulfide) groups is 1. The fourth-order valence-corrected chi connectivity index (χ4v) is 2.26. The summed E-state index contributed by atoms with van der Waals surface area (Å²) in [4.78, 5) is 1.20. The van der Waals surface area contributed by atoms with Gasteiger partial charge in [0.15, 0.2) is 0 Å². The van der Waals surface area contributed by atoms with E-state index in [2.05, 4.69) is 11.2 Å². The van der Waals surface area contributed by atoms with Crippen LogP contribution in [0.25, 0.3) is 0 Å². The Labute approximate surface area is 99.0 Å². The number of anilines is 1. The molecule has 0 atom stereocenters. The minimum atomic E-state index is 0.820. The van der Waals surface area contributed by atoms with Gasteiger partial charge in [0.2, 0.25) is 0 Å². The molecule has 0 spiro atoms. The van der Waals surface area contributed by atoms with E-state index >= 15 is 0 Å². The highest BCUT2D eigenvalue weighted by atomic mass is 32.2. The SMILES string of the molecule is Cc1cc(CSc2ccc(N)c(C)c2)no1. The van der Waals surface area contributed by atoms with E-state index in [1.54, 1.807) is 11.8 Å². The Morgan fingerprint density at radius 1 is 1.31 bits per heavy atom. The smallest absolute Gasteiger partial charge is 0.133 e. The van der Waals surface area contributed by atoms with E-state index in [-0.39, 0.29) is 0 Å². The van der Waals surface area contributed by atoms with Crippen LogP contribution in [0.3, 0.4) is 0 Å². The molecule has 1 aromatic heterocycles. The molecule has 16 heavy (non-hydrogen) atoms. The molecule has 0 saturated carbocycles. The van der Waals surface area contributed by atoms with Crippen molar-refractivity contribution in [2.45, 2.75) is 24.5 Å². The first-order chi connectivity index (χ1) is 7.65. The predicted octanol–water partition coefficient (Wildman–Crippen LogP) is 3.17. The molecule has 2 aromatic rings. The van der Waals surface area contributed by atoms with Gasteiger partial charge in [0.1, 0.15) is 5.76 Å². The van der Waals surface area contributed by atoms with Gasteiger partial charge in [-0.05, 0) is 37.6 Å². The molecule has 3 nitrogen and oxygen atoms in total. The highest BCUT2D eigenvalue weighted by Gasteiger charge is 2.02. The molecule has 1 heterocycles. The average molecular weight is 234 g/mol. The molecule has 0 aliphatic carbocycles. The van der Waals surface area contributed by atoms with Gasteiger partial charge in [0.25, 0.3) is 0 Å². The minimum absolute atomic E-state index is 0.820. The van der Waals surface area contributed by atoms with E-state index in [9.17, 15) is 0 Å². The Balaban J connectivity index is 2.02. The first-order valence-electron chi connectivity index (χ1n) is 5.06. The fraction of sp³-hybridized carbons (Fsp3) is 0.250. The number of nitrogen functional groups attached to an aromatic ring is 1. The number of benzene rings is 1. The van der Waals surface area contributed by atoms with E-state index in [4.69, 9.17) is 10.3 Å². The van der Waals surface area contributed by atoms with Gasteiger partial charge in [-0.1, -0.05) is 5.16 Å². The summed E-state index contributed by atoms with van der Waals surface area (Å²) in [6.07, 6.45) is 0. The Morgan fingerprint density at radius 2 is 2.12 bits per heavy atom. The van der Waals surface area contributed by atoms with Crippen LogP contribution in [0.1, 0.15) is 17.0 Å². The van der Waals surface area contributed by atoms with Crippen molar-refractivity contribution < 1.29 is 4.52 Å². The molecule has 2 N–H and O–H groups in total. The second kappa shape index (κ2) is 4.61. The van der Waals surface area contributed by atoms with Crippen LogP contribution in [-0.2, 0) is 5.75 Å². The van der Waals surface area contributed by atoms with Crippen LogP contribution in [0.4, 0.5) is 5.69 Å². The van der Waals surface area contributed by atoms with Crippen molar-refractivity contribution in [3.63, 3.8) is 0 Å². The summed E-state index contributed by atoms with van der Waals surface area (Å²) in [5.74, 6) is 1.67. The molecule has 4 heteroatoms. The Bertz CT molecular complexity index is 494. The monoisotopic (exact) mass is 234 g/mol. The number of rotatable bonds is 3. The lowest BCUT2D eigenvalue weighted by atomic mass is 10.2. The van der Waals surface area contributed by atoms with Crippen molar-refractivity contribution in [3.05, 3.63) is 41.3 Å². The molecule has 0 unspecified atom stereocenters. The highest BCUT2D eigenvalue weighted by Crippen LogP contribution is 2.25. The first kappa shape index (κ1) is 11.1. The van der Waals surface area contributed by atoms with Crippen molar-refractivity contribution in [1.29, 1.82) is 0 Å². The number of nitrogens with zero attached hydrogens (tertiary/aromatic N) is 1. The second-order valence-corrected chi connectivity index (χ2v) is 4.78. The molecular formula is C12H14N2OS. The molecular weight excluding hydrogens is 220 g/mol. The molecule has 0 aliphatic rings. The maximum Gasteiger partial charge on any atom is 0.133 e. The third-order valence-corrected chi connectivity index (χ3v) is 3.33. The van der Waals surface area contributed by atoms with Crippen LogP contribution < -0.4 is 5.73 Å². The molecule has 0 bridgehead atoms. The molecule has 1 aromatic carbocycles. The maximum atomic E-state index is 5.76. The van der Waals surface area contributed by atoms with Gasteiger partial charge in [0, 0.05) is 22.4 Å². The van der Waals surface area contributed by atoms with Crippen molar-refractivity contribution in [3.8, 4) is 0 Å². The van der Waals surface area contributed by atoms with Gasteiger partial charge in [-0.15, -0.1) is 11.8 Å².